The van der Waals surface area contributed by atoms with Crippen molar-refractivity contribution in [2.45, 2.75) is 51.4 Å². The summed E-state index contributed by atoms with van der Waals surface area (Å²) in [5, 5.41) is 4.72. The van der Waals surface area contributed by atoms with Crippen LogP contribution in [0.5, 0.6) is 5.75 Å². The van der Waals surface area contributed by atoms with Gasteiger partial charge in [0.15, 0.2) is 11.6 Å². The number of anilines is 1. The van der Waals surface area contributed by atoms with E-state index in [0.29, 0.717) is 35.1 Å². The van der Waals surface area contributed by atoms with Crippen LogP contribution in [0.3, 0.4) is 0 Å². The molecule has 0 radical (unpaired) electrons. The SMILES string of the molecule is CO[C@H]1C[C@@H]2[C@H](C1)[C@H]2c1cc(-c2cnc(N)c(OC(F)F)c2)nn1C(C)C. The van der Waals surface area contributed by atoms with Gasteiger partial charge in [-0.2, -0.15) is 13.9 Å². The van der Waals surface area contributed by atoms with Crippen LogP contribution in [0, 0.1) is 11.8 Å². The summed E-state index contributed by atoms with van der Waals surface area (Å²) in [4.78, 5) is 3.98. The van der Waals surface area contributed by atoms with Crippen molar-refractivity contribution in [2.24, 2.45) is 11.8 Å². The van der Waals surface area contributed by atoms with Crippen LogP contribution in [-0.2, 0) is 4.74 Å². The van der Waals surface area contributed by atoms with Crippen molar-refractivity contribution in [2.75, 3.05) is 12.8 Å². The number of hydrogen-bond donors (Lipinski definition) is 1. The Morgan fingerprint density at radius 1 is 1.22 bits per heavy atom. The zero-order valence-corrected chi connectivity index (χ0v) is 15.6. The monoisotopic (exact) mass is 378 g/mol. The lowest BCUT2D eigenvalue weighted by atomic mass is 10.1. The molecule has 2 N–H and O–H groups in total. The van der Waals surface area contributed by atoms with Gasteiger partial charge in [0.05, 0.1) is 11.8 Å². The molecule has 4 atom stereocenters. The molecule has 4 rings (SSSR count). The Hall–Kier alpha value is -2.22. The first kappa shape index (κ1) is 18.2. The molecule has 2 saturated carbocycles. The maximum Gasteiger partial charge on any atom is 0.387 e. The standard InChI is InChI=1S/C19H24F2N4O2/c1-9(2)25-15(17-12-5-11(26-3)6-13(12)17)7-14(24-25)10-4-16(27-19(20)21)18(22)23-8-10/h4,7-9,11-13,17,19H,5-6H2,1-3H3,(H2,22,23)/t11-,12+,13-,17-. The predicted octanol–water partition coefficient (Wildman–Crippen LogP) is 3.85. The Morgan fingerprint density at radius 3 is 2.52 bits per heavy atom. The molecule has 0 spiro atoms. The zero-order chi connectivity index (χ0) is 19.3. The van der Waals surface area contributed by atoms with E-state index in [1.807, 2.05) is 10.7 Å². The lowest BCUT2D eigenvalue weighted by Gasteiger charge is -2.15. The number of ether oxygens (including phenoxy) is 2. The van der Waals surface area contributed by atoms with Crippen molar-refractivity contribution in [3.63, 3.8) is 0 Å². The Balaban J connectivity index is 1.64. The first-order valence-electron chi connectivity index (χ1n) is 9.22. The number of pyridine rings is 1. The summed E-state index contributed by atoms with van der Waals surface area (Å²) in [6.45, 7) is 1.22. The number of fused-ring (bicyclic) bond motifs is 1. The second-order valence-corrected chi connectivity index (χ2v) is 7.66. The third-order valence-corrected chi connectivity index (χ3v) is 5.72. The highest BCUT2D eigenvalue weighted by atomic mass is 19.3. The van der Waals surface area contributed by atoms with E-state index in [-0.39, 0.29) is 17.6 Å². The van der Waals surface area contributed by atoms with Crippen LogP contribution in [0.15, 0.2) is 18.3 Å². The second-order valence-electron chi connectivity index (χ2n) is 7.66. The minimum absolute atomic E-state index is 0.0649. The molecule has 0 saturated heterocycles. The van der Waals surface area contributed by atoms with Crippen molar-refractivity contribution in [3.8, 4) is 17.0 Å². The number of nitrogens with zero attached hydrogens (tertiary/aromatic N) is 3. The van der Waals surface area contributed by atoms with E-state index in [9.17, 15) is 8.78 Å². The summed E-state index contributed by atoms with van der Waals surface area (Å²) < 4.78 is 37.1. The lowest BCUT2D eigenvalue weighted by Crippen LogP contribution is -2.12. The van der Waals surface area contributed by atoms with Crippen molar-refractivity contribution in [3.05, 3.63) is 24.0 Å². The van der Waals surface area contributed by atoms with Gasteiger partial charge in [0.1, 0.15) is 0 Å². The number of hydrogen-bond acceptors (Lipinski definition) is 5. The molecule has 2 aliphatic carbocycles. The van der Waals surface area contributed by atoms with Crippen molar-refractivity contribution in [1.29, 1.82) is 0 Å². The van der Waals surface area contributed by atoms with Gasteiger partial charge in [-0.25, -0.2) is 4.98 Å². The summed E-state index contributed by atoms with van der Waals surface area (Å²) in [7, 11) is 1.77. The molecular weight excluding hydrogens is 354 g/mol. The molecule has 0 aromatic carbocycles. The first-order valence-corrected chi connectivity index (χ1v) is 9.22. The Morgan fingerprint density at radius 2 is 1.93 bits per heavy atom. The van der Waals surface area contributed by atoms with Crippen LogP contribution in [0.25, 0.3) is 11.3 Å². The molecule has 146 valence electrons. The molecule has 2 aliphatic rings. The lowest BCUT2D eigenvalue weighted by molar-refractivity contribution is -0.0494. The van der Waals surface area contributed by atoms with Crippen LogP contribution in [0.4, 0.5) is 14.6 Å². The van der Waals surface area contributed by atoms with E-state index in [0.717, 1.165) is 12.8 Å². The summed E-state index contributed by atoms with van der Waals surface area (Å²) in [6.07, 6.45) is 4.07. The normalized spacial score (nSPS) is 26.6. The molecule has 27 heavy (non-hydrogen) atoms. The van der Waals surface area contributed by atoms with E-state index < -0.39 is 6.61 Å². The first-order chi connectivity index (χ1) is 12.9. The Kier molecular flexibility index (Phi) is 4.53. The highest BCUT2D eigenvalue weighted by molar-refractivity contribution is 5.64. The topological polar surface area (TPSA) is 75.2 Å². The maximum atomic E-state index is 12.6. The van der Waals surface area contributed by atoms with Crippen molar-refractivity contribution in [1.82, 2.24) is 14.8 Å². The van der Waals surface area contributed by atoms with Gasteiger partial charge in [-0.15, -0.1) is 0 Å². The van der Waals surface area contributed by atoms with E-state index >= 15 is 0 Å². The van der Waals surface area contributed by atoms with E-state index in [4.69, 9.17) is 15.6 Å². The van der Waals surface area contributed by atoms with Crippen LogP contribution in [0.2, 0.25) is 0 Å². The van der Waals surface area contributed by atoms with Gasteiger partial charge in [-0.05, 0) is 50.7 Å². The van der Waals surface area contributed by atoms with E-state index in [1.165, 1.54) is 11.8 Å². The predicted molar refractivity (Wildman–Crippen MR) is 96.6 cm³/mol. The van der Waals surface area contributed by atoms with Crippen LogP contribution < -0.4 is 10.5 Å². The van der Waals surface area contributed by atoms with Gasteiger partial charge in [-0.1, -0.05) is 0 Å². The summed E-state index contributed by atoms with van der Waals surface area (Å²) in [5.74, 6) is 1.57. The molecule has 0 bridgehead atoms. The largest absolute Gasteiger partial charge is 0.431 e. The Bertz CT molecular complexity index is 827. The molecule has 2 fully saturated rings. The zero-order valence-electron chi connectivity index (χ0n) is 15.6. The van der Waals surface area contributed by atoms with Crippen LogP contribution in [-0.4, -0.2) is 34.6 Å². The third-order valence-electron chi connectivity index (χ3n) is 5.72. The number of methoxy groups -OCH3 is 1. The van der Waals surface area contributed by atoms with Gasteiger partial charge in [0.25, 0.3) is 0 Å². The third kappa shape index (κ3) is 3.26. The highest BCUT2D eigenvalue weighted by Gasteiger charge is 2.58. The number of nitrogen functional groups attached to an aromatic ring is 1. The van der Waals surface area contributed by atoms with Gasteiger partial charge < -0.3 is 15.2 Å². The van der Waals surface area contributed by atoms with Crippen LogP contribution in [0.1, 0.15) is 44.3 Å². The number of rotatable bonds is 6. The van der Waals surface area contributed by atoms with Crippen molar-refractivity contribution >= 4 is 5.82 Å². The summed E-state index contributed by atoms with van der Waals surface area (Å²) in [6, 6.07) is 3.72. The minimum Gasteiger partial charge on any atom is -0.431 e. The number of aromatic nitrogens is 3. The molecule has 8 heteroatoms. The summed E-state index contributed by atoms with van der Waals surface area (Å²) in [5.41, 5.74) is 8.14. The fourth-order valence-electron chi connectivity index (χ4n) is 4.42. The molecule has 0 unspecified atom stereocenters. The second kappa shape index (κ2) is 6.74. The molecule has 0 aliphatic heterocycles. The molecule has 6 nitrogen and oxygen atoms in total. The number of nitrogens with two attached hydrogens (primary N) is 1. The van der Waals surface area contributed by atoms with E-state index in [1.54, 1.807) is 13.3 Å². The minimum atomic E-state index is -2.95. The fourth-order valence-corrected chi connectivity index (χ4v) is 4.42. The quantitative estimate of drug-likeness (QED) is 0.826. The van der Waals surface area contributed by atoms with Crippen LogP contribution >= 0.6 is 0 Å². The Labute approximate surface area is 156 Å². The highest BCUT2D eigenvalue weighted by Crippen LogP contribution is 2.63. The average Bonchev–Trinajstić information content (AvgIpc) is 3.01. The van der Waals surface area contributed by atoms with Gasteiger partial charge in [0, 0.05) is 36.5 Å². The smallest absolute Gasteiger partial charge is 0.387 e. The molecule has 2 aromatic heterocycles. The van der Waals surface area contributed by atoms with Gasteiger partial charge in [0.2, 0.25) is 0 Å². The molecular formula is C19H24F2N4O2. The van der Waals surface area contributed by atoms with Gasteiger partial charge in [-0.3, -0.25) is 4.68 Å². The fraction of sp³-hybridized carbons (Fsp3) is 0.579. The number of halogens is 2. The van der Waals surface area contributed by atoms with E-state index in [2.05, 4.69) is 23.6 Å². The molecule has 2 aromatic rings. The van der Waals surface area contributed by atoms with Crippen molar-refractivity contribution < 1.29 is 18.3 Å². The maximum absolute atomic E-state index is 12.6. The summed E-state index contributed by atoms with van der Waals surface area (Å²) >= 11 is 0. The molecule has 2 heterocycles. The average molecular weight is 378 g/mol. The van der Waals surface area contributed by atoms with Gasteiger partial charge >= 0.3 is 6.61 Å². The molecule has 0 amide bonds. The number of alkyl halides is 2.